The summed E-state index contributed by atoms with van der Waals surface area (Å²) in [5.41, 5.74) is 4.63. The van der Waals surface area contributed by atoms with Crippen molar-refractivity contribution >= 4 is 45.4 Å². The second-order valence-electron chi connectivity index (χ2n) is 7.95. The van der Waals surface area contributed by atoms with E-state index in [0.717, 1.165) is 42.4 Å². The smallest absolute Gasteiger partial charge is 0.223 e. The summed E-state index contributed by atoms with van der Waals surface area (Å²) in [5, 5.41) is 6.19. The van der Waals surface area contributed by atoms with Gasteiger partial charge in [0.15, 0.2) is 0 Å². The van der Waals surface area contributed by atoms with Crippen molar-refractivity contribution in [2.75, 3.05) is 31.1 Å². The van der Waals surface area contributed by atoms with Crippen molar-refractivity contribution in [1.29, 1.82) is 0 Å². The SMILES string of the molecule is O=C(CC(c1ccsc1)c1c[nH]c2ccccc12)N1CCN(c2cccc(Cl)c2)CC1. The number of halogens is 1. The van der Waals surface area contributed by atoms with E-state index >= 15 is 0 Å². The number of piperazine rings is 1. The Hall–Kier alpha value is -2.76. The van der Waals surface area contributed by atoms with Crippen LogP contribution in [0, 0.1) is 0 Å². The fourth-order valence-electron chi connectivity index (χ4n) is 4.45. The van der Waals surface area contributed by atoms with Gasteiger partial charge in [0.05, 0.1) is 0 Å². The second-order valence-corrected chi connectivity index (χ2v) is 9.17. The van der Waals surface area contributed by atoms with E-state index in [4.69, 9.17) is 11.6 Å². The first-order valence-electron chi connectivity index (χ1n) is 10.6. The molecule has 0 aliphatic carbocycles. The van der Waals surface area contributed by atoms with Gasteiger partial charge in [0, 0.05) is 66.3 Å². The van der Waals surface area contributed by atoms with Gasteiger partial charge in [0.25, 0.3) is 0 Å². The van der Waals surface area contributed by atoms with Crippen LogP contribution in [0.1, 0.15) is 23.5 Å². The molecule has 31 heavy (non-hydrogen) atoms. The number of thiophene rings is 1. The zero-order valence-electron chi connectivity index (χ0n) is 17.1. The number of hydrogen-bond acceptors (Lipinski definition) is 3. The van der Waals surface area contributed by atoms with Gasteiger partial charge >= 0.3 is 0 Å². The highest BCUT2D eigenvalue weighted by Crippen LogP contribution is 2.35. The lowest BCUT2D eigenvalue weighted by molar-refractivity contribution is -0.131. The number of aromatic nitrogens is 1. The minimum Gasteiger partial charge on any atom is -0.368 e. The number of nitrogens with one attached hydrogen (secondary N) is 1. The summed E-state index contributed by atoms with van der Waals surface area (Å²) in [5.74, 6) is 0.271. The molecule has 1 amide bonds. The van der Waals surface area contributed by atoms with Gasteiger partial charge in [-0.05, 0) is 52.2 Å². The number of hydrogen-bond donors (Lipinski definition) is 1. The molecule has 1 N–H and O–H groups in total. The Kier molecular flexibility index (Phi) is 5.70. The minimum absolute atomic E-state index is 0.0564. The number of amides is 1. The van der Waals surface area contributed by atoms with Gasteiger partial charge in [-0.15, -0.1) is 0 Å². The molecule has 0 spiro atoms. The van der Waals surface area contributed by atoms with Crippen LogP contribution in [0.15, 0.2) is 71.6 Å². The second kappa shape index (κ2) is 8.77. The summed E-state index contributed by atoms with van der Waals surface area (Å²) in [4.78, 5) is 21.0. The molecule has 1 unspecified atom stereocenters. The summed E-state index contributed by atoms with van der Waals surface area (Å²) in [6.45, 7) is 3.11. The van der Waals surface area contributed by atoms with E-state index in [0.29, 0.717) is 6.42 Å². The monoisotopic (exact) mass is 449 g/mol. The van der Waals surface area contributed by atoms with Crippen molar-refractivity contribution in [3.63, 3.8) is 0 Å². The normalized spacial score (nSPS) is 15.4. The third-order valence-electron chi connectivity index (χ3n) is 6.13. The maximum atomic E-state index is 13.3. The molecule has 1 fully saturated rings. The van der Waals surface area contributed by atoms with E-state index in [1.54, 1.807) is 11.3 Å². The number of rotatable bonds is 5. The van der Waals surface area contributed by atoms with Gasteiger partial charge in [-0.1, -0.05) is 35.9 Å². The van der Waals surface area contributed by atoms with E-state index in [1.165, 1.54) is 16.5 Å². The zero-order valence-corrected chi connectivity index (χ0v) is 18.7. The third kappa shape index (κ3) is 4.21. The van der Waals surface area contributed by atoms with Crippen molar-refractivity contribution < 1.29 is 4.79 Å². The number of H-pyrrole nitrogens is 1. The summed E-state index contributed by atoms with van der Waals surface area (Å²) in [6, 6.07) is 18.4. The molecule has 1 aliphatic heterocycles. The third-order valence-corrected chi connectivity index (χ3v) is 7.06. The van der Waals surface area contributed by atoms with Crippen LogP contribution in [0.2, 0.25) is 5.02 Å². The first kappa shape index (κ1) is 20.2. The Balaban J connectivity index is 1.32. The van der Waals surface area contributed by atoms with E-state index in [-0.39, 0.29) is 11.8 Å². The maximum Gasteiger partial charge on any atom is 0.223 e. The van der Waals surface area contributed by atoms with Crippen LogP contribution >= 0.6 is 22.9 Å². The lowest BCUT2D eigenvalue weighted by atomic mass is 9.89. The Morgan fingerprint density at radius 1 is 1.06 bits per heavy atom. The molecule has 0 bridgehead atoms. The quantitative estimate of drug-likeness (QED) is 0.421. The fraction of sp³-hybridized carbons (Fsp3) is 0.240. The molecule has 0 saturated carbocycles. The Morgan fingerprint density at radius 3 is 2.68 bits per heavy atom. The highest BCUT2D eigenvalue weighted by atomic mass is 35.5. The lowest BCUT2D eigenvalue weighted by Crippen LogP contribution is -2.49. The van der Waals surface area contributed by atoms with Crippen LogP contribution in [0.3, 0.4) is 0 Å². The van der Waals surface area contributed by atoms with Crippen LogP contribution in [-0.4, -0.2) is 42.0 Å². The number of nitrogens with zero attached hydrogens (tertiary/aromatic N) is 2. The van der Waals surface area contributed by atoms with Crippen LogP contribution in [0.4, 0.5) is 5.69 Å². The zero-order chi connectivity index (χ0) is 21.2. The summed E-state index contributed by atoms with van der Waals surface area (Å²) in [7, 11) is 0. The van der Waals surface area contributed by atoms with Gasteiger partial charge in [-0.25, -0.2) is 0 Å². The van der Waals surface area contributed by atoms with Crippen molar-refractivity contribution in [3.8, 4) is 0 Å². The number of para-hydroxylation sites is 1. The molecule has 1 atom stereocenters. The first-order valence-corrected chi connectivity index (χ1v) is 11.9. The minimum atomic E-state index is 0.0564. The molecular weight excluding hydrogens is 426 g/mol. The van der Waals surface area contributed by atoms with Gasteiger partial charge in [0.1, 0.15) is 0 Å². The van der Waals surface area contributed by atoms with Gasteiger partial charge in [0.2, 0.25) is 5.91 Å². The van der Waals surface area contributed by atoms with Crippen LogP contribution < -0.4 is 4.90 Å². The predicted octanol–water partition coefficient (Wildman–Crippen LogP) is 5.75. The van der Waals surface area contributed by atoms with E-state index in [9.17, 15) is 4.79 Å². The van der Waals surface area contributed by atoms with Gasteiger partial charge in [-0.3, -0.25) is 4.79 Å². The van der Waals surface area contributed by atoms with E-state index < -0.39 is 0 Å². The standard InChI is InChI=1S/C25H24ClN3OS/c26-19-4-3-5-20(14-19)28-9-11-29(12-10-28)25(30)15-22(18-8-13-31-17-18)23-16-27-24-7-2-1-6-21(23)24/h1-8,13-14,16-17,22,27H,9-12,15H2. The molecule has 2 aromatic heterocycles. The van der Waals surface area contributed by atoms with E-state index in [2.05, 4.69) is 57.2 Å². The van der Waals surface area contributed by atoms with E-state index in [1.807, 2.05) is 29.2 Å². The number of fused-ring (bicyclic) bond motifs is 1. The highest BCUT2D eigenvalue weighted by Gasteiger charge is 2.27. The van der Waals surface area contributed by atoms with Crippen LogP contribution in [-0.2, 0) is 4.79 Å². The van der Waals surface area contributed by atoms with Crippen LogP contribution in [0.5, 0.6) is 0 Å². The first-order chi connectivity index (χ1) is 15.2. The number of carbonyl (C=O) groups excluding carboxylic acids is 1. The Labute approximate surface area is 191 Å². The molecule has 3 heterocycles. The molecular formula is C25H24ClN3OS. The highest BCUT2D eigenvalue weighted by molar-refractivity contribution is 7.08. The maximum absolute atomic E-state index is 13.3. The molecule has 6 heteroatoms. The molecule has 1 aliphatic rings. The van der Waals surface area contributed by atoms with Crippen molar-refractivity contribution in [2.24, 2.45) is 0 Å². The molecule has 5 rings (SSSR count). The average Bonchev–Trinajstić information content (AvgIpc) is 3.48. The molecule has 0 radical (unpaired) electrons. The number of aromatic amines is 1. The van der Waals surface area contributed by atoms with Gasteiger partial charge in [-0.2, -0.15) is 11.3 Å². The number of benzene rings is 2. The lowest BCUT2D eigenvalue weighted by Gasteiger charge is -2.36. The largest absolute Gasteiger partial charge is 0.368 e. The van der Waals surface area contributed by atoms with Crippen molar-refractivity contribution in [1.82, 2.24) is 9.88 Å². The summed E-state index contributed by atoms with van der Waals surface area (Å²) >= 11 is 7.83. The van der Waals surface area contributed by atoms with Gasteiger partial charge < -0.3 is 14.8 Å². The van der Waals surface area contributed by atoms with Crippen molar-refractivity contribution in [3.05, 3.63) is 87.7 Å². The number of carbonyl (C=O) groups is 1. The molecule has 4 nitrogen and oxygen atoms in total. The number of anilines is 1. The molecule has 158 valence electrons. The van der Waals surface area contributed by atoms with Crippen molar-refractivity contribution in [2.45, 2.75) is 12.3 Å². The molecule has 1 saturated heterocycles. The summed E-state index contributed by atoms with van der Waals surface area (Å²) < 4.78 is 0. The Morgan fingerprint density at radius 2 is 1.90 bits per heavy atom. The predicted molar refractivity (Wildman–Crippen MR) is 129 cm³/mol. The average molecular weight is 450 g/mol. The Bertz CT molecular complexity index is 1180. The molecule has 2 aromatic carbocycles. The summed E-state index contributed by atoms with van der Waals surface area (Å²) in [6.07, 6.45) is 2.55. The fourth-order valence-corrected chi connectivity index (χ4v) is 5.35. The van der Waals surface area contributed by atoms with Crippen LogP contribution in [0.25, 0.3) is 10.9 Å². The topological polar surface area (TPSA) is 39.3 Å². The molecule has 4 aromatic rings.